The first-order valence-electron chi connectivity index (χ1n) is 11.1. The number of fused-ring (bicyclic) bond motifs is 2. The van der Waals surface area contributed by atoms with Gasteiger partial charge in [-0.3, -0.25) is 9.59 Å². The van der Waals surface area contributed by atoms with Gasteiger partial charge in [-0.1, -0.05) is 24.3 Å². The number of sulfonamides is 1. The molecular formula is C24H24N2O4S. The number of amides is 2. The average molecular weight is 437 g/mol. The molecule has 3 aliphatic carbocycles. The summed E-state index contributed by atoms with van der Waals surface area (Å²) in [6, 6.07) is 12.9. The summed E-state index contributed by atoms with van der Waals surface area (Å²) in [7, 11) is -3.88. The smallest absolute Gasteiger partial charge is 0.269 e. The fraction of sp³-hybridized carbons (Fsp3) is 0.417. The quantitative estimate of drug-likeness (QED) is 0.733. The topological polar surface area (TPSA) is 74.8 Å². The van der Waals surface area contributed by atoms with Gasteiger partial charge in [0, 0.05) is 17.6 Å². The fourth-order valence-electron chi connectivity index (χ4n) is 5.13. The van der Waals surface area contributed by atoms with E-state index < -0.39 is 15.9 Å². The lowest BCUT2D eigenvalue weighted by molar-refractivity contribution is 0.0637. The summed E-state index contributed by atoms with van der Waals surface area (Å²) in [4.78, 5) is 28.3. The number of aryl methyl sites for hydroxylation is 1. The zero-order valence-corrected chi connectivity index (χ0v) is 18.0. The van der Waals surface area contributed by atoms with E-state index >= 15 is 0 Å². The van der Waals surface area contributed by atoms with Crippen molar-refractivity contribution >= 4 is 21.8 Å². The van der Waals surface area contributed by atoms with Crippen LogP contribution in [0.2, 0.25) is 0 Å². The summed E-state index contributed by atoms with van der Waals surface area (Å²) in [5.74, 6) is -0.601. The van der Waals surface area contributed by atoms with E-state index in [1.54, 1.807) is 6.07 Å². The largest absolute Gasteiger partial charge is 0.329 e. The molecule has 2 fully saturated rings. The average Bonchev–Trinajstić information content (AvgIpc) is 3.69. The Bertz CT molecular complexity index is 1210. The Morgan fingerprint density at radius 3 is 2.52 bits per heavy atom. The highest BCUT2D eigenvalue weighted by Crippen LogP contribution is 2.43. The van der Waals surface area contributed by atoms with Crippen LogP contribution in [0.1, 0.15) is 76.4 Å². The van der Waals surface area contributed by atoms with E-state index in [9.17, 15) is 18.0 Å². The Hall–Kier alpha value is -2.67. The molecule has 7 heteroatoms. The Labute approximate surface area is 181 Å². The maximum absolute atomic E-state index is 13.7. The first-order valence-corrected chi connectivity index (χ1v) is 12.5. The summed E-state index contributed by atoms with van der Waals surface area (Å²) in [6.45, 7) is 0. The Morgan fingerprint density at radius 1 is 1.00 bits per heavy atom. The number of nitrogens with zero attached hydrogens (tertiary/aromatic N) is 2. The molecule has 2 aromatic rings. The first kappa shape index (κ1) is 19.0. The fourth-order valence-corrected chi connectivity index (χ4v) is 6.97. The second-order valence-corrected chi connectivity index (χ2v) is 10.9. The standard InChI is InChI=1S/C24H24N2O4S/c27-23(25(17-9-10-17)21-7-3-5-15-4-1-2-6-19(15)21)16-8-13-20-22(14-16)31(29,30)26(24(20)28)18-11-12-18/h1-2,4,6,8,13-14,17-18,21H,3,5,7,9-12H2. The van der Waals surface area contributed by atoms with Gasteiger partial charge in [0.25, 0.3) is 21.8 Å². The van der Waals surface area contributed by atoms with Gasteiger partial charge in [-0.2, -0.15) is 0 Å². The molecule has 0 bridgehead atoms. The first-order chi connectivity index (χ1) is 15.0. The van der Waals surface area contributed by atoms with Crippen molar-refractivity contribution in [2.75, 3.05) is 0 Å². The minimum Gasteiger partial charge on any atom is -0.329 e. The molecule has 0 radical (unpaired) electrons. The molecule has 4 aliphatic rings. The van der Waals surface area contributed by atoms with Crippen LogP contribution in [0.15, 0.2) is 47.4 Å². The van der Waals surface area contributed by atoms with Crippen LogP contribution in [-0.4, -0.2) is 41.5 Å². The van der Waals surface area contributed by atoms with E-state index in [0.717, 1.165) is 36.4 Å². The lowest BCUT2D eigenvalue weighted by Gasteiger charge is -2.36. The number of rotatable bonds is 4. The molecule has 6 nitrogen and oxygen atoms in total. The Kier molecular flexibility index (Phi) is 4.09. The van der Waals surface area contributed by atoms with Crippen LogP contribution in [0.5, 0.6) is 0 Å². The summed E-state index contributed by atoms with van der Waals surface area (Å²) in [5.41, 5.74) is 3.03. The summed E-state index contributed by atoms with van der Waals surface area (Å²) in [5, 5.41) is 0. The van der Waals surface area contributed by atoms with Crippen molar-refractivity contribution in [2.24, 2.45) is 0 Å². The minimum absolute atomic E-state index is 0.0133. The van der Waals surface area contributed by atoms with Gasteiger partial charge in [0.05, 0.1) is 11.6 Å². The molecule has 1 aliphatic heterocycles. The Morgan fingerprint density at radius 2 is 1.77 bits per heavy atom. The summed E-state index contributed by atoms with van der Waals surface area (Å²) < 4.78 is 27.0. The summed E-state index contributed by atoms with van der Waals surface area (Å²) >= 11 is 0. The number of hydrogen-bond acceptors (Lipinski definition) is 4. The van der Waals surface area contributed by atoms with Crippen LogP contribution in [0.25, 0.3) is 0 Å². The monoisotopic (exact) mass is 436 g/mol. The molecule has 2 amide bonds. The molecule has 0 saturated heterocycles. The van der Waals surface area contributed by atoms with Gasteiger partial charge in [0.2, 0.25) is 0 Å². The van der Waals surface area contributed by atoms with E-state index in [2.05, 4.69) is 12.1 Å². The van der Waals surface area contributed by atoms with Crippen molar-refractivity contribution in [1.82, 2.24) is 9.21 Å². The molecular weight excluding hydrogens is 412 g/mol. The third kappa shape index (κ3) is 2.93. The van der Waals surface area contributed by atoms with Gasteiger partial charge < -0.3 is 4.90 Å². The normalized spacial score (nSPS) is 23.9. The second kappa shape index (κ2) is 6.66. The Balaban J connectivity index is 1.38. The lowest BCUT2D eigenvalue weighted by Crippen LogP contribution is -2.38. The van der Waals surface area contributed by atoms with E-state index in [4.69, 9.17) is 0 Å². The zero-order chi connectivity index (χ0) is 21.3. The molecule has 1 heterocycles. The van der Waals surface area contributed by atoms with Gasteiger partial charge in [-0.25, -0.2) is 12.7 Å². The van der Waals surface area contributed by atoms with Crippen molar-refractivity contribution in [3.05, 3.63) is 64.7 Å². The maximum Gasteiger partial charge on any atom is 0.269 e. The van der Waals surface area contributed by atoms with Crippen molar-refractivity contribution in [3.8, 4) is 0 Å². The highest BCUT2D eigenvalue weighted by Gasteiger charge is 2.49. The van der Waals surface area contributed by atoms with Gasteiger partial charge in [0.15, 0.2) is 0 Å². The molecule has 31 heavy (non-hydrogen) atoms. The number of carbonyl (C=O) groups excluding carboxylic acids is 2. The minimum atomic E-state index is -3.88. The van der Waals surface area contributed by atoms with Crippen LogP contribution < -0.4 is 0 Å². The number of carbonyl (C=O) groups is 2. The molecule has 0 N–H and O–H groups in total. The van der Waals surface area contributed by atoms with Gasteiger partial charge in [-0.05, 0) is 74.3 Å². The molecule has 2 saturated carbocycles. The SMILES string of the molecule is O=C(c1ccc2c(c1)S(=O)(=O)N(C1CC1)C2=O)N(C1CC1)C1CCCc2ccccc21. The highest BCUT2D eigenvalue weighted by molar-refractivity contribution is 7.90. The van der Waals surface area contributed by atoms with E-state index in [1.165, 1.54) is 23.3 Å². The van der Waals surface area contributed by atoms with Crippen molar-refractivity contribution in [3.63, 3.8) is 0 Å². The molecule has 1 atom stereocenters. The van der Waals surface area contributed by atoms with Crippen molar-refractivity contribution < 1.29 is 18.0 Å². The predicted octanol–water partition coefficient (Wildman–Crippen LogP) is 3.68. The van der Waals surface area contributed by atoms with Gasteiger partial charge >= 0.3 is 0 Å². The van der Waals surface area contributed by atoms with Gasteiger partial charge in [0.1, 0.15) is 4.90 Å². The maximum atomic E-state index is 13.7. The van der Waals surface area contributed by atoms with Crippen molar-refractivity contribution in [1.29, 1.82) is 0 Å². The molecule has 0 spiro atoms. The van der Waals surface area contributed by atoms with Gasteiger partial charge in [-0.15, -0.1) is 0 Å². The molecule has 0 aromatic heterocycles. The summed E-state index contributed by atoms with van der Waals surface area (Å²) in [6.07, 6.45) is 6.33. The van der Waals surface area contributed by atoms with Crippen LogP contribution >= 0.6 is 0 Å². The third-order valence-electron chi connectivity index (χ3n) is 6.92. The van der Waals surface area contributed by atoms with E-state index in [1.807, 2.05) is 17.0 Å². The van der Waals surface area contributed by atoms with E-state index in [-0.39, 0.29) is 34.5 Å². The number of benzene rings is 2. The third-order valence-corrected chi connectivity index (χ3v) is 8.80. The predicted molar refractivity (Wildman–Crippen MR) is 114 cm³/mol. The molecule has 6 rings (SSSR count). The molecule has 1 unspecified atom stereocenters. The van der Waals surface area contributed by atoms with Crippen LogP contribution in [0, 0.1) is 0 Å². The van der Waals surface area contributed by atoms with E-state index in [0.29, 0.717) is 18.4 Å². The molecule has 160 valence electrons. The van der Waals surface area contributed by atoms with Crippen LogP contribution in [0.3, 0.4) is 0 Å². The number of hydrogen-bond donors (Lipinski definition) is 0. The lowest BCUT2D eigenvalue weighted by atomic mass is 9.86. The van der Waals surface area contributed by atoms with Crippen LogP contribution in [0.4, 0.5) is 0 Å². The van der Waals surface area contributed by atoms with Crippen molar-refractivity contribution in [2.45, 2.75) is 68.0 Å². The highest BCUT2D eigenvalue weighted by atomic mass is 32.2. The zero-order valence-electron chi connectivity index (χ0n) is 17.2. The molecule has 2 aromatic carbocycles. The van der Waals surface area contributed by atoms with Crippen LogP contribution in [-0.2, 0) is 16.4 Å². The second-order valence-electron chi connectivity index (χ2n) is 9.10.